The fourth-order valence-electron chi connectivity index (χ4n) is 2.47. The number of carbonyl (C=O) groups excluding carboxylic acids is 1. The number of non-ortho nitro benzene ring substituents is 1. The third-order valence-electron chi connectivity index (χ3n) is 3.80. The van der Waals surface area contributed by atoms with Crippen molar-refractivity contribution in [1.82, 2.24) is 0 Å². The zero-order valence-electron chi connectivity index (χ0n) is 14.2. The van der Waals surface area contributed by atoms with E-state index in [9.17, 15) is 14.9 Å². The lowest BCUT2D eigenvalue weighted by molar-refractivity contribution is -0.384. The first-order valence-corrected chi connectivity index (χ1v) is 7.78. The molecule has 7 nitrogen and oxygen atoms in total. The molecule has 1 N–H and O–H groups in total. The highest BCUT2D eigenvalue weighted by atomic mass is 16.6. The van der Waals surface area contributed by atoms with Crippen LogP contribution >= 0.6 is 0 Å². The Labute approximate surface area is 149 Å². The summed E-state index contributed by atoms with van der Waals surface area (Å²) in [7, 11) is 1.53. The zero-order chi connectivity index (χ0) is 18.7. The van der Waals surface area contributed by atoms with Gasteiger partial charge in [0.25, 0.3) is 11.6 Å². The van der Waals surface area contributed by atoms with Gasteiger partial charge in [-0.15, -0.1) is 0 Å². The van der Waals surface area contributed by atoms with Crippen LogP contribution in [-0.2, 0) is 0 Å². The highest BCUT2D eigenvalue weighted by Gasteiger charge is 2.15. The average molecular weight is 352 g/mol. The lowest BCUT2D eigenvalue weighted by Gasteiger charge is -2.10. The average Bonchev–Trinajstić information content (AvgIpc) is 3.12. The number of hydrogen-bond donors (Lipinski definition) is 1. The Balaban J connectivity index is 1.80. The number of nitro benzene ring substituents is 1. The molecule has 1 heterocycles. The maximum Gasteiger partial charge on any atom is 0.291 e. The van der Waals surface area contributed by atoms with E-state index < -0.39 is 10.8 Å². The summed E-state index contributed by atoms with van der Waals surface area (Å²) in [6, 6.07) is 14.6. The molecule has 0 radical (unpaired) electrons. The van der Waals surface area contributed by atoms with Gasteiger partial charge in [-0.25, -0.2) is 0 Å². The standard InChI is InChI=1S/C19H16N2O5/c1-12-3-8-17(25-2)15(11-12)20-19(22)18-10-9-16(26-18)13-4-6-14(7-5-13)21(23)24/h3-11H,1-2H3,(H,20,22). The van der Waals surface area contributed by atoms with E-state index >= 15 is 0 Å². The molecule has 0 aliphatic heterocycles. The van der Waals surface area contributed by atoms with Crippen LogP contribution in [0.5, 0.6) is 5.75 Å². The minimum Gasteiger partial charge on any atom is -0.495 e. The molecule has 26 heavy (non-hydrogen) atoms. The molecule has 0 aliphatic carbocycles. The summed E-state index contributed by atoms with van der Waals surface area (Å²) >= 11 is 0. The van der Waals surface area contributed by atoms with E-state index in [0.29, 0.717) is 22.8 Å². The number of anilines is 1. The van der Waals surface area contributed by atoms with Gasteiger partial charge in [0.1, 0.15) is 11.5 Å². The lowest BCUT2D eigenvalue weighted by atomic mass is 10.1. The number of amides is 1. The lowest BCUT2D eigenvalue weighted by Crippen LogP contribution is -2.11. The molecule has 0 atom stereocenters. The van der Waals surface area contributed by atoms with Crippen LogP contribution in [0.15, 0.2) is 59.0 Å². The van der Waals surface area contributed by atoms with E-state index in [4.69, 9.17) is 9.15 Å². The molecule has 1 aromatic heterocycles. The van der Waals surface area contributed by atoms with Crippen molar-refractivity contribution in [3.63, 3.8) is 0 Å². The second-order valence-electron chi connectivity index (χ2n) is 5.63. The Morgan fingerprint density at radius 1 is 1.12 bits per heavy atom. The van der Waals surface area contributed by atoms with Crippen molar-refractivity contribution in [2.24, 2.45) is 0 Å². The number of ether oxygens (including phenoxy) is 1. The number of rotatable bonds is 5. The minimum atomic E-state index is -0.472. The number of methoxy groups -OCH3 is 1. The molecule has 1 amide bonds. The fourth-order valence-corrected chi connectivity index (χ4v) is 2.47. The largest absolute Gasteiger partial charge is 0.495 e. The van der Waals surface area contributed by atoms with Crippen LogP contribution in [-0.4, -0.2) is 17.9 Å². The molecule has 0 saturated heterocycles. The van der Waals surface area contributed by atoms with Gasteiger partial charge in [-0.2, -0.15) is 0 Å². The van der Waals surface area contributed by atoms with Crippen LogP contribution < -0.4 is 10.1 Å². The van der Waals surface area contributed by atoms with Crippen molar-refractivity contribution < 1.29 is 18.9 Å². The highest BCUT2D eigenvalue weighted by Crippen LogP contribution is 2.28. The number of nitrogens with zero attached hydrogens (tertiary/aromatic N) is 1. The van der Waals surface area contributed by atoms with Gasteiger partial charge in [-0.05, 0) is 48.9 Å². The van der Waals surface area contributed by atoms with E-state index in [2.05, 4.69) is 5.32 Å². The summed E-state index contributed by atoms with van der Waals surface area (Å²) in [4.78, 5) is 22.7. The Kier molecular flexibility index (Phi) is 4.70. The minimum absolute atomic E-state index is 0.00943. The third kappa shape index (κ3) is 3.56. The summed E-state index contributed by atoms with van der Waals surface area (Å²) in [6.07, 6.45) is 0. The maximum atomic E-state index is 12.4. The monoisotopic (exact) mass is 352 g/mol. The van der Waals surface area contributed by atoms with Crippen LogP contribution in [0.25, 0.3) is 11.3 Å². The number of aryl methyl sites for hydroxylation is 1. The van der Waals surface area contributed by atoms with Gasteiger partial charge in [-0.1, -0.05) is 6.07 Å². The molecular weight excluding hydrogens is 336 g/mol. The summed E-state index contributed by atoms with van der Waals surface area (Å²) in [6.45, 7) is 1.91. The van der Waals surface area contributed by atoms with Crippen LogP contribution in [0.3, 0.4) is 0 Å². The van der Waals surface area contributed by atoms with Crippen molar-refractivity contribution in [2.45, 2.75) is 6.92 Å². The van der Waals surface area contributed by atoms with E-state index in [0.717, 1.165) is 5.56 Å². The normalized spacial score (nSPS) is 10.4. The number of carbonyl (C=O) groups is 1. The zero-order valence-corrected chi connectivity index (χ0v) is 14.2. The molecule has 3 rings (SSSR count). The molecule has 7 heteroatoms. The van der Waals surface area contributed by atoms with Crippen LogP contribution in [0.1, 0.15) is 16.1 Å². The molecule has 0 fully saturated rings. The molecule has 0 saturated carbocycles. The highest BCUT2D eigenvalue weighted by molar-refractivity contribution is 6.03. The van der Waals surface area contributed by atoms with Crippen molar-refractivity contribution in [3.05, 3.63) is 76.0 Å². The van der Waals surface area contributed by atoms with Crippen LogP contribution in [0, 0.1) is 17.0 Å². The second kappa shape index (κ2) is 7.10. The summed E-state index contributed by atoms with van der Waals surface area (Å²) in [5.41, 5.74) is 2.16. The SMILES string of the molecule is COc1ccc(C)cc1NC(=O)c1ccc(-c2ccc([N+](=O)[O-])cc2)o1. The van der Waals surface area contributed by atoms with Gasteiger partial charge in [0.15, 0.2) is 5.76 Å². The van der Waals surface area contributed by atoms with E-state index in [-0.39, 0.29) is 11.4 Å². The first-order chi connectivity index (χ1) is 12.5. The number of furan rings is 1. The van der Waals surface area contributed by atoms with Gasteiger partial charge < -0.3 is 14.5 Å². The van der Waals surface area contributed by atoms with Crippen molar-refractivity contribution >= 4 is 17.3 Å². The first-order valence-electron chi connectivity index (χ1n) is 7.78. The van der Waals surface area contributed by atoms with Crippen molar-refractivity contribution in [3.8, 4) is 17.1 Å². The second-order valence-corrected chi connectivity index (χ2v) is 5.63. The van der Waals surface area contributed by atoms with Crippen LogP contribution in [0.4, 0.5) is 11.4 Å². The smallest absolute Gasteiger partial charge is 0.291 e. The molecule has 132 valence electrons. The predicted molar refractivity (Wildman–Crippen MR) is 96.5 cm³/mol. The van der Waals surface area contributed by atoms with Gasteiger partial charge in [0, 0.05) is 17.7 Å². The quantitative estimate of drug-likeness (QED) is 0.541. The Bertz CT molecular complexity index is 960. The topological polar surface area (TPSA) is 94.6 Å². The molecule has 0 aliphatic rings. The molecule has 2 aromatic carbocycles. The van der Waals surface area contributed by atoms with Crippen LogP contribution in [0.2, 0.25) is 0 Å². The third-order valence-corrected chi connectivity index (χ3v) is 3.80. The number of nitrogens with one attached hydrogen (secondary N) is 1. The Morgan fingerprint density at radius 3 is 2.50 bits per heavy atom. The number of benzene rings is 2. The summed E-state index contributed by atoms with van der Waals surface area (Å²) in [5.74, 6) is 0.705. The van der Waals surface area contributed by atoms with E-state index in [1.54, 1.807) is 36.4 Å². The molecule has 3 aromatic rings. The summed E-state index contributed by atoms with van der Waals surface area (Å²) < 4.78 is 10.8. The number of nitro groups is 1. The molecule has 0 spiro atoms. The van der Waals surface area contributed by atoms with Gasteiger partial charge in [0.2, 0.25) is 0 Å². The molecular formula is C19H16N2O5. The van der Waals surface area contributed by atoms with E-state index in [1.807, 2.05) is 13.0 Å². The first kappa shape index (κ1) is 17.2. The Morgan fingerprint density at radius 2 is 1.85 bits per heavy atom. The molecule has 0 bridgehead atoms. The maximum absolute atomic E-state index is 12.4. The van der Waals surface area contributed by atoms with Gasteiger partial charge in [0.05, 0.1) is 17.7 Å². The van der Waals surface area contributed by atoms with E-state index in [1.165, 1.54) is 19.2 Å². The molecule has 0 unspecified atom stereocenters. The predicted octanol–water partition coefficient (Wildman–Crippen LogP) is 4.42. The van der Waals surface area contributed by atoms with Gasteiger partial charge >= 0.3 is 0 Å². The van der Waals surface area contributed by atoms with Crippen molar-refractivity contribution in [2.75, 3.05) is 12.4 Å². The van der Waals surface area contributed by atoms with Crippen molar-refractivity contribution in [1.29, 1.82) is 0 Å². The van der Waals surface area contributed by atoms with Gasteiger partial charge in [-0.3, -0.25) is 14.9 Å². The fraction of sp³-hybridized carbons (Fsp3) is 0.105. The number of hydrogen-bond acceptors (Lipinski definition) is 5. The summed E-state index contributed by atoms with van der Waals surface area (Å²) in [5, 5.41) is 13.5. The Hall–Kier alpha value is -3.61.